The predicted molar refractivity (Wildman–Crippen MR) is 98.2 cm³/mol. The van der Waals surface area contributed by atoms with Crippen molar-refractivity contribution in [2.24, 2.45) is 0 Å². The molecule has 3 aromatic carbocycles. The van der Waals surface area contributed by atoms with E-state index in [0.29, 0.717) is 17.7 Å². The summed E-state index contributed by atoms with van der Waals surface area (Å²) < 4.78 is 0. The average Bonchev–Trinajstić information content (AvgIpc) is 2.63. The number of nitrogens with one attached hydrogen (secondary N) is 1. The Kier molecular flexibility index (Phi) is 7.16. The van der Waals surface area contributed by atoms with Crippen LogP contribution in [0.1, 0.15) is 33.3 Å². The van der Waals surface area contributed by atoms with Gasteiger partial charge < -0.3 is 11.8 Å². The van der Waals surface area contributed by atoms with E-state index in [4.69, 9.17) is 5.11 Å². The Labute approximate surface area is 175 Å². The summed E-state index contributed by atoms with van der Waals surface area (Å²) in [6.07, 6.45) is 0.669. The van der Waals surface area contributed by atoms with Gasteiger partial charge in [-0.1, -0.05) is 48.5 Å². The molecule has 0 aliphatic rings. The van der Waals surface area contributed by atoms with Gasteiger partial charge in [-0.25, -0.2) is 4.79 Å². The fourth-order valence-electron chi connectivity index (χ4n) is 2.61. The molecule has 0 aliphatic heterocycles. The average molecular weight is 355 g/mol. The number of benzene rings is 3. The molecule has 3 aromatic rings. The van der Waals surface area contributed by atoms with Gasteiger partial charge >= 0.3 is 35.5 Å². The zero-order chi connectivity index (χ0) is 17.6. The maximum Gasteiger partial charge on any atom is 1.00 e. The van der Waals surface area contributed by atoms with Crippen molar-refractivity contribution in [1.29, 1.82) is 0 Å². The van der Waals surface area contributed by atoms with E-state index < -0.39 is 5.97 Å². The number of amides is 1. The Hall–Kier alpha value is -2.40. The third-order valence-electron chi connectivity index (χ3n) is 3.89. The van der Waals surface area contributed by atoms with Gasteiger partial charge in [0.15, 0.2) is 0 Å². The second kappa shape index (κ2) is 9.34. The van der Waals surface area contributed by atoms with Gasteiger partial charge in [-0.05, 0) is 47.9 Å². The van der Waals surface area contributed by atoms with Crippen molar-refractivity contribution in [2.45, 2.75) is 6.42 Å². The number of rotatable bonds is 5. The summed E-state index contributed by atoms with van der Waals surface area (Å²) in [7, 11) is 0. The Morgan fingerprint density at radius 3 is 2.12 bits per heavy atom. The number of aromatic carboxylic acids is 1. The zero-order valence-corrected chi connectivity index (χ0v) is 16.5. The first-order chi connectivity index (χ1) is 12.1. The van der Waals surface area contributed by atoms with E-state index in [1.54, 1.807) is 18.2 Å². The summed E-state index contributed by atoms with van der Waals surface area (Å²) in [5.74, 6) is -1.21. The molecule has 0 radical (unpaired) electrons. The number of carboxylic acids is 1. The van der Waals surface area contributed by atoms with Crippen molar-refractivity contribution in [2.75, 3.05) is 5.32 Å². The van der Waals surface area contributed by atoms with Gasteiger partial charge in [-0.2, -0.15) is 0 Å². The van der Waals surface area contributed by atoms with Crippen LogP contribution in [0.25, 0.3) is 0 Å². The van der Waals surface area contributed by atoms with Crippen LogP contribution in [0, 0.1) is 0 Å². The Bertz CT molecular complexity index is 899. The van der Waals surface area contributed by atoms with Crippen LogP contribution in [0.3, 0.4) is 0 Å². The summed E-state index contributed by atoms with van der Waals surface area (Å²) in [5.41, 5.74) is 3.42. The summed E-state index contributed by atoms with van der Waals surface area (Å²) >= 11 is 0. The molecule has 0 fully saturated rings. The third kappa shape index (κ3) is 5.05. The zero-order valence-electron chi connectivity index (χ0n) is 15.5. The van der Waals surface area contributed by atoms with E-state index in [9.17, 15) is 9.59 Å². The van der Waals surface area contributed by atoms with Crippen LogP contribution < -0.4 is 34.9 Å². The molecule has 0 aromatic heterocycles. The molecule has 5 heteroatoms. The Balaban J connectivity index is 0.00000182. The normalized spacial score (nSPS) is 9.85. The molecule has 0 heterocycles. The van der Waals surface area contributed by atoms with Gasteiger partial charge in [0, 0.05) is 11.3 Å². The molecule has 0 unspecified atom stereocenters. The molecule has 0 aliphatic carbocycles. The van der Waals surface area contributed by atoms with Gasteiger partial charge in [0.05, 0.1) is 5.56 Å². The molecule has 126 valence electrons. The molecule has 1 amide bonds. The minimum Gasteiger partial charge on any atom is -1.00 e. The number of carboxylic acid groups (broad SMARTS) is 1. The van der Waals surface area contributed by atoms with Gasteiger partial charge in [-0.15, -0.1) is 0 Å². The number of carbonyl (C=O) groups is 2. The molecule has 0 atom stereocenters. The molecular formula is C21H18NNaO3. The number of carbonyl (C=O) groups excluding carboxylic acids is 1. The molecule has 0 spiro atoms. The smallest absolute Gasteiger partial charge is 1.00 e. The van der Waals surface area contributed by atoms with Crippen LogP contribution in [-0.4, -0.2) is 17.0 Å². The molecule has 0 saturated heterocycles. The molecule has 3 rings (SSSR count). The Morgan fingerprint density at radius 1 is 0.846 bits per heavy atom. The molecule has 26 heavy (non-hydrogen) atoms. The molecule has 4 nitrogen and oxygen atoms in total. The minimum absolute atomic E-state index is 0. The standard InChI is InChI=1S/C21H17NO3.Na.H/c23-20(22-18-12-10-16(11-13-18)21(24)25)19-9-5-4-8-17(19)14-15-6-2-1-3-7-15;;/h1-13H,14H2,(H,22,23)(H,24,25);;/q;+1;-1. The Morgan fingerprint density at radius 2 is 1.46 bits per heavy atom. The molecule has 0 bridgehead atoms. The molecular weight excluding hydrogens is 337 g/mol. The maximum atomic E-state index is 12.6. The summed E-state index contributed by atoms with van der Waals surface area (Å²) in [6, 6.07) is 23.5. The summed E-state index contributed by atoms with van der Waals surface area (Å²) in [4.78, 5) is 23.5. The quantitative estimate of drug-likeness (QED) is 0.679. The van der Waals surface area contributed by atoms with E-state index in [-0.39, 0.29) is 42.5 Å². The van der Waals surface area contributed by atoms with Gasteiger partial charge in [-0.3, -0.25) is 4.79 Å². The first-order valence-electron chi connectivity index (χ1n) is 7.90. The fourth-order valence-corrected chi connectivity index (χ4v) is 2.61. The third-order valence-corrected chi connectivity index (χ3v) is 3.89. The second-order valence-corrected chi connectivity index (χ2v) is 5.66. The van der Waals surface area contributed by atoms with Crippen LogP contribution in [0.4, 0.5) is 5.69 Å². The van der Waals surface area contributed by atoms with E-state index in [1.807, 2.05) is 48.5 Å². The van der Waals surface area contributed by atoms with Crippen molar-refractivity contribution in [1.82, 2.24) is 0 Å². The van der Waals surface area contributed by atoms with Crippen LogP contribution in [0.15, 0.2) is 78.9 Å². The number of hydrogen-bond acceptors (Lipinski definition) is 2. The first kappa shape index (κ1) is 19.9. The SMILES string of the molecule is O=C(O)c1ccc(NC(=O)c2ccccc2Cc2ccccc2)cc1.[H-].[Na+]. The van der Waals surface area contributed by atoms with Gasteiger partial charge in [0.1, 0.15) is 0 Å². The van der Waals surface area contributed by atoms with Crippen molar-refractivity contribution >= 4 is 17.6 Å². The van der Waals surface area contributed by atoms with Crippen molar-refractivity contribution in [3.63, 3.8) is 0 Å². The van der Waals surface area contributed by atoms with Crippen molar-refractivity contribution < 1.29 is 45.7 Å². The van der Waals surface area contributed by atoms with Gasteiger partial charge in [0.25, 0.3) is 5.91 Å². The summed E-state index contributed by atoms with van der Waals surface area (Å²) in [6.45, 7) is 0. The minimum atomic E-state index is -0.994. The van der Waals surface area contributed by atoms with Crippen LogP contribution in [0.2, 0.25) is 0 Å². The summed E-state index contributed by atoms with van der Waals surface area (Å²) in [5, 5.41) is 11.7. The van der Waals surface area contributed by atoms with E-state index in [1.165, 1.54) is 12.1 Å². The monoisotopic (exact) mass is 355 g/mol. The van der Waals surface area contributed by atoms with E-state index >= 15 is 0 Å². The van der Waals surface area contributed by atoms with Crippen LogP contribution >= 0.6 is 0 Å². The fraction of sp³-hybridized carbons (Fsp3) is 0.0476. The maximum absolute atomic E-state index is 12.6. The van der Waals surface area contributed by atoms with Crippen molar-refractivity contribution in [3.8, 4) is 0 Å². The van der Waals surface area contributed by atoms with E-state index in [0.717, 1.165) is 11.1 Å². The number of hydrogen-bond donors (Lipinski definition) is 2. The number of anilines is 1. The van der Waals surface area contributed by atoms with Crippen LogP contribution in [0.5, 0.6) is 0 Å². The topological polar surface area (TPSA) is 66.4 Å². The van der Waals surface area contributed by atoms with Crippen LogP contribution in [-0.2, 0) is 6.42 Å². The van der Waals surface area contributed by atoms with Gasteiger partial charge in [0.2, 0.25) is 0 Å². The molecule has 2 N–H and O–H groups in total. The first-order valence-corrected chi connectivity index (χ1v) is 7.90. The van der Waals surface area contributed by atoms with E-state index in [2.05, 4.69) is 5.32 Å². The predicted octanol–water partition coefficient (Wildman–Crippen LogP) is 1.34. The largest absolute Gasteiger partial charge is 1.00 e. The van der Waals surface area contributed by atoms with Crippen molar-refractivity contribution in [3.05, 3.63) is 101 Å². The second-order valence-electron chi connectivity index (χ2n) is 5.66. The molecule has 0 saturated carbocycles.